The largest absolute Gasteiger partial charge is 0.387 e. The summed E-state index contributed by atoms with van der Waals surface area (Å²) in [6.45, 7) is 2.69. The summed E-state index contributed by atoms with van der Waals surface area (Å²) in [6, 6.07) is 11.0. The van der Waals surface area contributed by atoms with E-state index in [0.717, 1.165) is 22.4 Å². The number of thiophene rings is 1. The van der Waals surface area contributed by atoms with Crippen molar-refractivity contribution < 1.29 is 14.7 Å². The standard InChI is InChI=1S/C20H24N2O3S/c1-14-6-2-3-8-16(14)18(23)13-21-20(25)17-9-4-10-22(17)19(24)12-15-7-5-11-26-15/h2-3,5-8,11,17-18,23H,4,9-10,12-13H2,1H3,(H,21,25). The average Bonchev–Trinajstić information content (AvgIpc) is 3.31. The van der Waals surface area contributed by atoms with Crippen LogP contribution in [0.5, 0.6) is 0 Å². The van der Waals surface area contributed by atoms with Crippen LogP contribution in [-0.4, -0.2) is 41.0 Å². The van der Waals surface area contributed by atoms with Crippen molar-refractivity contribution in [3.63, 3.8) is 0 Å². The molecule has 1 aliphatic rings. The first-order valence-corrected chi connectivity index (χ1v) is 9.77. The lowest BCUT2D eigenvalue weighted by Gasteiger charge is -2.24. The van der Waals surface area contributed by atoms with Gasteiger partial charge in [-0.3, -0.25) is 9.59 Å². The van der Waals surface area contributed by atoms with E-state index < -0.39 is 12.1 Å². The Kier molecular flexibility index (Phi) is 6.06. The molecule has 1 saturated heterocycles. The molecule has 2 aromatic rings. The second kappa shape index (κ2) is 8.47. The number of hydrogen-bond acceptors (Lipinski definition) is 4. The van der Waals surface area contributed by atoms with Crippen LogP contribution >= 0.6 is 11.3 Å². The predicted molar refractivity (Wildman–Crippen MR) is 102 cm³/mol. The van der Waals surface area contributed by atoms with E-state index in [-0.39, 0.29) is 18.4 Å². The number of aliphatic hydroxyl groups is 1. The smallest absolute Gasteiger partial charge is 0.242 e. The predicted octanol–water partition coefficient (Wildman–Crippen LogP) is 2.44. The Bertz CT molecular complexity index is 760. The summed E-state index contributed by atoms with van der Waals surface area (Å²) in [5, 5.41) is 15.1. The minimum absolute atomic E-state index is 0.00967. The highest BCUT2D eigenvalue weighted by Crippen LogP contribution is 2.21. The molecule has 26 heavy (non-hydrogen) atoms. The lowest BCUT2D eigenvalue weighted by Crippen LogP contribution is -2.47. The van der Waals surface area contributed by atoms with Gasteiger partial charge >= 0.3 is 0 Å². The van der Waals surface area contributed by atoms with E-state index in [9.17, 15) is 14.7 Å². The highest BCUT2D eigenvalue weighted by molar-refractivity contribution is 7.10. The number of carbonyl (C=O) groups is 2. The van der Waals surface area contributed by atoms with Crippen molar-refractivity contribution in [2.24, 2.45) is 0 Å². The van der Waals surface area contributed by atoms with Gasteiger partial charge in [-0.25, -0.2) is 0 Å². The maximum Gasteiger partial charge on any atom is 0.242 e. The molecule has 2 N–H and O–H groups in total. The topological polar surface area (TPSA) is 69.6 Å². The van der Waals surface area contributed by atoms with Crippen molar-refractivity contribution in [2.45, 2.75) is 38.3 Å². The monoisotopic (exact) mass is 372 g/mol. The molecule has 0 saturated carbocycles. The number of aryl methyl sites for hydroxylation is 1. The van der Waals surface area contributed by atoms with Gasteiger partial charge in [0.25, 0.3) is 0 Å². The van der Waals surface area contributed by atoms with E-state index in [1.807, 2.05) is 48.7 Å². The van der Waals surface area contributed by atoms with Gasteiger partial charge < -0.3 is 15.3 Å². The maximum atomic E-state index is 12.6. The Balaban J connectivity index is 1.56. The van der Waals surface area contributed by atoms with Gasteiger partial charge in [-0.15, -0.1) is 11.3 Å². The summed E-state index contributed by atoms with van der Waals surface area (Å²) in [5.74, 6) is -0.195. The molecule has 2 heterocycles. The third kappa shape index (κ3) is 4.31. The number of nitrogens with zero attached hydrogens (tertiary/aromatic N) is 1. The first-order chi connectivity index (χ1) is 12.6. The van der Waals surface area contributed by atoms with E-state index in [0.29, 0.717) is 19.4 Å². The zero-order valence-electron chi connectivity index (χ0n) is 14.9. The Hall–Kier alpha value is -2.18. The summed E-state index contributed by atoms with van der Waals surface area (Å²) in [7, 11) is 0. The van der Waals surface area contributed by atoms with Crippen molar-refractivity contribution in [1.29, 1.82) is 0 Å². The molecule has 1 fully saturated rings. The number of amides is 2. The van der Waals surface area contributed by atoms with Gasteiger partial charge in [0.15, 0.2) is 0 Å². The van der Waals surface area contributed by atoms with E-state index >= 15 is 0 Å². The summed E-state index contributed by atoms with van der Waals surface area (Å²) in [6.07, 6.45) is 1.08. The fraction of sp³-hybridized carbons (Fsp3) is 0.400. The van der Waals surface area contributed by atoms with Gasteiger partial charge in [-0.2, -0.15) is 0 Å². The molecule has 1 aromatic heterocycles. The number of aliphatic hydroxyl groups excluding tert-OH is 1. The molecule has 1 aromatic carbocycles. The van der Waals surface area contributed by atoms with Gasteiger partial charge in [-0.1, -0.05) is 30.3 Å². The summed E-state index contributed by atoms with van der Waals surface area (Å²) >= 11 is 1.55. The fourth-order valence-electron chi connectivity index (χ4n) is 3.39. The van der Waals surface area contributed by atoms with Crippen LogP contribution in [0.2, 0.25) is 0 Å². The summed E-state index contributed by atoms with van der Waals surface area (Å²) in [4.78, 5) is 27.8. The highest BCUT2D eigenvalue weighted by Gasteiger charge is 2.34. The van der Waals surface area contributed by atoms with Crippen LogP contribution < -0.4 is 5.32 Å². The maximum absolute atomic E-state index is 12.6. The first-order valence-electron chi connectivity index (χ1n) is 8.89. The molecule has 0 spiro atoms. The van der Waals surface area contributed by atoms with Gasteiger partial charge in [0.2, 0.25) is 11.8 Å². The van der Waals surface area contributed by atoms with Crippen LogP contribution in [0, 0.1) is 6.92 Å². The molecule has 1 aliphatic heterocycles. The number of hydrogen-bond donors (Lipinski definition) is 2. The normalized spacial score (nSPS) is 17.9. The van der Waals surface area contributed by atoms with Crippen LogP contribution in [0.1, 0.15) is 34.9 Å². The lowest BCUT2D eigenvalue weighted by atomic mass is 10.0. The Morgan fingerprint density at radius 2 is 2.12 bits per heavy atom. The molecule has 3 rings (SSSR count). The molecule has 6 heteroatoms. The lowest BCUT2D eigenvalue weighted by molar-refractivity contribution is -0.138. The van der Waals surface area contributed by atoms with Gasteiger partial charge in [-0.05, 0) is 42.3 Å². The Morgan fingerprint density at radius 3 is 2.85 bits per heavy atom. The van der Waals surface area contributed by atoms with E-state index in [1.165, 1.54) is 0 Å². The minimum atomic E-state index is -0.753. The third-order valence-corrected chi connectivity index (χ3v) is 5.67. The van der Waals surface area contributed by atoms with Crippen molar-refractivity contribution in [3.8, 4) is 0 Å². The van der Waals surface area contributed by atoms with Crippen LogP contribution in [0.15, 0.2) is 41.8 Å². The molecular formula is C20H24N2O3S. The van der Waals surface area contributed by atoms with E-state index in [1.54, 1.807) is 16.2 Å². The van der Waals surface area contributed by atoms with Crippen molar-refractivity contribution in [2.75, 3.05) is 13.1 Å². The van der Waals surface area contributed by atoms with Gasteiger partial charge in [0.1, 0.15) is 6.04 Å². The molecule has 2 atom stereocenters. The van der Waals surface area contributed by atoms with Crippen molar-refractivity contribution in [3.05, 3.63) is 57.8 Å². The van der Waals surface area contributed by atoms with Gasteiger partial charge in [0, 0.05) is 18.0 Å². The fourth-order valence-corrected chi connectivity index (χ4v) is 4.08. The zero-order valence-corrected chi connectivity index (χ0v) is 15.7. The van der Waals surface area contributed by atoms with Crippen molar-refractivity contribution in [1.82, 2.24) is 10.2 Å². The molecule has 138 valence electrons. The number of rotatable bonds is 6. The van der Waals surface area contributed by atoms with Crippen LogP contribution in [0.25, 0.3) is 0 Å². The molecular weight excluding hydrogens is 348 g/mol. The molecule has 0 aliphatic carbocycles. The first kappa shape index (κ1) is 18.6. The second-order valence-corrected chi connectivity index (χ2v) is 7.65. The Morgan fingerprint density at radius 1 is 1.31 bits per heavy atom. The third-order valence-electron chi connectivity index (χ3n) is 4.80. The average molecular weight is 372 g/mol. The molecule has 0 radical (unpaired) electrons. The van der Waals surface area contributed by atoms with Crippen LogP contribution in [0.3, 0.4) is 0 Å². The highest BCUT2D eigenvalue weighted by atomic mass is 32.1. The Labute approximate surface area is 157 Å². The van der Waals surface area contributed by atoms with Gasteiger partial charge in [0.05, 0.1) is 12.5 Å². The minimum Gasteiger partial charge on any atom is -0.387 e. The second-order valence-electron chi connectivity index (χ2n) is 6.62. The summed E-state index contributed by atoms with van der Waals surface area (Å²) in [5.41, 5.74) is 1.80. The summed E-state index contributed by atoms with van der Waals surface area (Å²) < 4.78 is 0. The zero-order chi connectivity index (χ0) is 18.5. The molecule has 0 bridgehead atoms. The molecule has 2 unspecified atom stereocenters. The van der Waals surface area contributed by atoms with Crippen LogP contribution in [0.4, 0.5) is 0 Å². The van der Waals surface area contributed by atoms with E-state index in [2.05, 4.69) is 5.32 Å². The quantitative estimate of drug-likeness (QED) is 0.818. The number of carbonyl (C=O) groups excluding carboxylic acids is 2. The number of likely N-dealkylation sites (tertiary alicyclic amines) is 1. The molecule has 2 amide bonds. The van der Waals surface area contributed by atoms with E-state index in [4.69, 9.17) is 0 Å². The number of benzene rings is 1. The molecule has 5 nitrogen and oxygen atoms in total. The SMILES string of the molecule is Cc1ccccc1C(O)CNC(=O)C1CCCN1C(=O)Cc1cccs1. The number of nitrogens with one attached hydrogen (secondary N) is 1. The van der Waals surface area contributed by atoms with Crippen LogP contribution in [-0.2, 0) is 16.0 Å². The van der Waals surface area contributed by atoms with Crippen molar-refractivity contribution >= 4 is 23.2 Å².